The molecular formula is C16H22N2O. The molecule has 3 nitrogen and oxygen atoms in total. The van der Waals surface area contributed by atoms with E-state index in [4.69, 9.17) is 10.5 Å². The third-order valence-electron chi connectivity index (χ3n) is 3.41. The van der Waals surface area contributed by atoms with Crippen LogP contribution in [0.25, 0.3) is 10.8 Å². The van der Waals surface area contributed by atoms with E-state index >= 15 is 0 Å². The summed E-state index contributed by atoms with van der Waals surface area (Å²) < 4.78 is 5.09. The van der Waals surface area contributed by atoms with Crippen LogP contribution in [-0.4, -0.2) is 38.8 Å². The van der Waals surface area contributed by atoms with Crippen LogP contribution in [0.1, 0.15) is 11.6 Å². The fourth-order valence-electron chi connectivity index (χ4n) is 2.35. The van der Waals surface area contributed by atoms with E-state index in [9.17, 15) is 0 Å². The summed E-state index contributed by atoms with van der Waals surface area (Å²) in [4.78, 5) is 2.20. The van der Waals surface area contributed by atoms with Crippen molar-refractivity contribution < 1.29 is 4.74 Å². The summed E-state index contributed by atoms with van der Waals surface area (Å²) in [7, 11) is 3.79. The van der Waals surface area contributed by atoms with Crippen molar-refractivity contribution in [3.8, 4) is 0 Å². The second kappa shape index (κ2) is 6.66. The Kier molecular flexibility index (Phi) is 4.91. The lowest BCUT2D eigenvalue weighted by atomic mass is 9.99. The Labute approximate surface area is 115 Å². The predicted octanol–water partition coefficient (Wildman–Crippen LogP) is 2.42. The summed E-state index contributed by atoms with van der Waals surface area (Å²) >= 11 is 0. The van der Waals surface area contributed by atoms with Crippen LogP contribution in [0.3, 0.4) is 0 Å². The molecule has 0 aromatic heterocycles. The van der Waals surface area contributed by atoms with Gasteiger partial charge in [-0.3, -0.25) is 0 Å². The molecule has 2 N–H and O–H groups in total. The largest absolute Gasteiger partial charge is 0.383 e. The zero-order valence-corrected chi connectivity index (χ0v) is 11.7. The number of nitrogens with zero attached hydrogens (tertiary/aromatic N) is 1. The van der Waals surface area contributed by atoms with Gasteiger partial charge < -0.3 is 15.4 Å². The van der Waals surface area contributed by atoms with E-state index in [2.05, 4.69) is 54.4 Å². The lowest BCUT2D eigenvalue weighted by Crippen LogP contribution is -2.31. The standard InChI is InChI=1S/C16H22N2O/c1-18(10-11-19-2)12-16(17)15-9-5-7-13-6-3-4-8-14(13)15/h3-9,16H,10-12,17H2,1-2H3. The molecule has 3 heteroatoms. The van der Waals surface area contributed by atoms with Crippen molar-refractivity contribution in [2.45, 2.75) is 6.04 Å². The second-order valence-electron chi connectivity index (χ2n) is 4.93. The summed E-state index contributed by atoms with van der Waals surface area (Å²) in [5, 5.41) is 2.49. The van der Waals surface area contributed by atoms with E-state index in [1.54, 1.807) is 7.11 Å². The number of hydrogen-bond acceptors (Lipinski definition) is 3. The highest BCUT2D eigenvalue weighted by atomic mass is 16.5. The summed E-state index contributed by atoms with van der Waals surface area (Å²) in [6.45, 7) is 2.46. The zero-order chi connectivity index (χ0) is 13.7. The van der Waals surface area contributed by atoms with Crippen LogP contribution in [0.2, 0.25) is 0 Å². The van der Waals surface area contributed by atoms with Crippen LogP contribution in [0.4, 0.5) is 0 Å². The number of rotatable bonds is 6. The molecule has 1 atom stereocenters. The molecule has 2 aromatic rings. The van der Waals surface area contributed by atoms with Gasteiger partial charge in [-0.1, -0.05) is 42.5 Å². The number of benzene rings is 2. The van der Waals surface area contributed by atoms with E-state index in [0.717, 1.165) is 19.7 Å². The topological polar surface area (TPSA) is 38.5 Å². The fraction of sp³-hybridized carbons (Fsp3) is 0.375. The number of fused-ring (bicyclic) bond motifs is 1. The number of likely N-dealkylation sites (N-methyl/N-ethyl adjacent to an activating group) is 1. The van der Waals surface area contributed by atoms with E-state index in [0.29, 0.717) is 0 Å². The summed E-state index contributed by atoms with van der Waals surface area (Å²) in [6.07, 6.45) is 0. The Morgan fingerprint density at radius 2 is 1.89 bits per heavy atom. The molecule has 0 heterocycles. The van der Waals surface area contributed by atoms with Crippen LogP contribution < -0.4 is 5.73 Å². The molecule has 0 aliphatic heterocycles. The Morgan fingerprint density at radius 1 is 1.16 bits per heavy atom. The first-order valence-corrected chi connectivity index (χ1v) is 6.63. The Balaban J connectivity index is 2.15. The van der Waals surface area contributed by atoms with Crippen LogP contribution in [-0.2, 0) is 4.74 Å². The Morgan fingerprint density at radius 3 is 2.68 bits per heavy atom. The van der Waals surface area contributed by atoms with Gasteiger partial charge in [0.15, 0.2) is 0 Å². The highest BCUT2D eigenvalue weighted by Gasteiger charge is 2.11. The minimum Gasteiger partial charge on any atom is -0.383 e. The smallest absolute Gasteiger partial charge is 0.0589 e. The maximum Gasteiger partial charge on any atom is 0.0589 e. The van der Waals surface area contributed by atoms with Gasteiger partial charge >= 0.3 is 0 Å². The SMILES string of the molecule is COCCN(C)CC(N)c1cccc2ccccc12. The van der Waals surface area contributed by atoms with Gasteiger partial charge in [0.05, 0.1) is 6.61 Å². The lowest BCUT2D eigenvalue weighted by molar-refractivity contribution is 0.158. The van der Waals surface area contributed by atoms with Crippen molar-refractivity contribution in [2.75, 3.05) is 33.9 Å². The number of nitrogens with two attached hydrogens (primary N) is 1. The average Bonchev–Trinajstić information content (AvgIpc) is 2.44. The summed E-state index contributed by atoms with van der Waals surface area (Å²) in [5.41, 5.74) is 7.56. The van der Waals surface area contributed by atoms with Gasteiger partial charge in [0.25, 0.3) is 0 Å². The van der Waals surface area contributed by atoms with Crippen LogP contribution in [0.5, 0.6) is 0 Å². The monoisotopic (exact) mass is 258 g/mol. The van der Waals surface area contributed by atoms with E-state index < -0.39 is 0 Å². The van der Waals surface area contributed by atoms with Gasteiger partial charge in [0, 0.05) is 26.2 Å². The van der Waals surface area contributed by atoms with E-state index in [1.807, 2.05) is 0 Å². The third-order valence-corrected chi connectivity index (χ3v) is 3.41. The Hall–Kier alpha value is -1.42. The first-order chi connectivity index (χ1) is 9.22. The van der Waals surface area contributed by atoms with Crippen molar-refractivity contribution in [2.24, 2.45) is 5.73 Å². The summed E-state index contributed by atoms with van der Waals surface area (Å²) in [5.74, 6) is 0. The minimum absolute atomic E-state index is 0.0213. The zero-order valence-electron chi connectivity index (χ0n) is 11.7. The van der Waals surface area contributed by atoms with Gasteiger partial charge in [-0.25, -0.2) is 0 Å². The molecular weight excluding hydrogens is 236 g/mol. The summed E-state index contributed by atoms with van der Waals surface area (Å²) in [6, 6.07) is 14.7. The second-order valence-corrected chi connectivity index (χ2v) is 4.93. The van der Waals surface area contributed by atoms with Gasteiger partial charge in [0.1, 0.15) is 0 Å². The molecule has 0 saturated carbocycles. The molecule has 0 aliphatic carbocycles. The number of hydrogen-bond donors (Lipinski definition) is 1. The molecule has 0 amide bonds. The first-order valence-electron chi connectivity index (χ1n) is 6.63. The first kappa shape index (κ1) is 14.0. The molecule has 2 aromatic carbocycles. The van der Waals surface area contributed by atoms with Crippen molar-refractivity contribution in [3.63, 3.8) is 0 Å². The highest BCUT2D eigenvalue weighted by Crippen LogP contribution is 2.23. The van der Waals surface area contributed by atoms with Crippen LogP contribution >= 0.6 is 0 Å². The fourth-order valence-corrected chi connectivity index (χ4v) is 2.35. The highest BCUT2D eigenvalue weighted by molar-refractivity contribution is 5.86. The van der Waals surface area contributed by atoms with Crippen molar-refractivity contribution in [1.82, 2.24) is 4.90 Å². The molecule has 0 spiro atoms. The molecule has 19 heavy (non-hydrogen) atoms. The quantitative estimate of drug-likeness (QED) is 0.865. The lowest BCUT2D eigenvalue weighted by Gasteiger charge is -2.22. The third kappa shape index (κ3) is 3.53. The van der Waals surface area contributed by atoms with Gasteiger partial charge in [-0.05, 0) is 23.4 Å². The molecule has 0 fully saturated rings. The molecule has 0 saturated heterocycles. The van der Waals surface area contributed by atoms with Gasteiger partial charge in [0.2, 0.25) is 0 Å². The van der Waals surface area contributed by atoms with Crippen LogP contribution in [0, 0.1) is 0 Å². The van der Waals surface area contributed by atoms with E-state index in [1.165, 1.54) is 16.3 Å². The van der Waals surface area contributed by atoms with Crippen LogP contribution in [0.15, 0.2) is 42.5 Å². The molecule has 2 rings (SSSR count). The molecule has 0 bridgehead atoms. The molecule has 1 unspecified atom stereocenters. The number of methoxy groups -OCH3 is 1. The van der Waals surface area contributed by atoms with Gasteiger partial charge in [-0.2, -0.15) is 0 Å². The van der Waals surface area contributed by atoms with Crippen molar-refractivity contribution in [1.29, 1.82) is 0 Å². The van der Waals surface area contributed by atoms with Gasteiger partial charge in [-0.15, -0.1) is 0 Å². The Bertz CT molecular complexity index is 522. The average molecular weight is 258 g/mol. The van der Waals surface area contributed by atoms with Crippen molar-refractivity contribution in [3.05, 3.63) is 48.0 Å². The molecule has 0 aliphatic rings. The maximum absolute atomic E-state index is 6.35. The van der Waals surface area contributed by atoms with E-state index in [-0.39, 0.29) is 6.04 Å². The maximum atomic E-state index is 6.35. The predicted molar refractivity (Wildman–Crippen MR) is 80.2 cm³/mol. The normalized spacial score (nSPS) is 13.1. The number of ether oxygens (including phenoxy) is 1. The van der Waals surface area contributed by atoms with Crippen molar-refractivity contribution >= 4 is 10.8 Å². The minimum atomic E-state index is 0.0213. The molecule has 0 radical (unpaired) electrons. The molecule has 102 valence electrons.